The smallest absolute Gasteiger partial charge is 0.279 e. The van der Waals surface area contributed by atoms with Gasteiger partial charge in [0.2, 0.25) is 5.91 Å². The molecule has 2 N–H and O–H groups in total. The molecule has 0 fully saturated rings. The number of aliphatic hydroxyl groups is 1. The SMILES string of the molecule is CCC(C)(CCO)NC(=O)/C=C/c1ccc(F)cc1[N+](=O)[O-]. The third kappa shape index (κ3) is 4.92. The number of aliphatic hydroxyl groups excluding tert-OH is 1. The van der Waals surface area contributed by atoms with E-state index in [9.17, 15) is 19.3 Å². The van der Waals surface area contributed by atoms with Crippen LogP contribution in [0.25, 0.3) is 6.08 Å². The molecule has 0 saturated carbocycles. The number of nitrogens with one attached hydrogen (secondary N) is 1. The van der Waals surface area contributed by atoms with Gasteiger partial charge >= 0.3 is 0 Å². The molecule has 0 radical (unpaired) electrons. The van der Waals surface area contributed by atoms with Gasteiger partial charge < -0.3 is 10.4 Å². The Morgan fingerprint density at radius 2 is 2.23 bits per heavy atom. The third-order valence-electron chi connectivity index (χ3n) is 3.47. The lowest BCUT2D eigenvalue weighted by atomic mass is 9.95. The highest BCUT2D eigenvalue weighted by atomic mass is 19.1. The van der Waals surface area contributed by atoms with Gasteiger partial charge in [0.05, 0.1) is 16.6 Å². The maximum Gasteiger partial charge on any atom is 0.279 e. The van der Waals surface area contributed by atoms with Crippen LogP contribution in [0.2, 0.25) is 0 Å². The van der Waals surface area contributed by atoms with Gasteiger partial charge in [0, 0.05) is 18.2 Å². The zero-order chi connectivity index (χ0) is 16.8. The number of rotatable bonds is 7. The van der Waals surface area contributed by atoms with E-state index in [0.29, 0.717) is 12.8 Å². The number of hydrogen-bond acceptors (Lipinski definition) is 4. The second kappa shape index (κ2) is 7.65. The number of hydrogen-bond donors (Lipinski definition) is 2. The average Bonchev–Trinajstić information content (AvgIpc) is 2.46. The van der Waals surface area contributed by atoms with Crippen LogP contribution < -0.4 is 5.32 Å². The quantitative estimate of drug-likeness (QED) is 0.459. The third-order valence-corrected chi connectivity index (χ3v) is 3.47. The van der Waals surface area contributed by atoms with Crippen LogP contribution in [0.4, 0.5) is 10.1 Å². The summed E-state index contributed by atoms with van der Waals surface area (Å²) < 4.78 is 13.0. The predicted molar refractivity (Wildman–Crippen MR) is 80.6 cm³/mol. The van der Waals surface area contributed by atoms with Crippen LogP contribution in [-0.4, -0.2) is 28.1 Å². The summed E-state index contributed by atoms with van der Waals surface area (Å²) in [6, 6.07) is 3.13. The number of nitrogens with zero attached hydrogens (tertiary/aromatic N) is 1. The van der Waals surface area contributed by atoms with Crippen LogP contribution >= 0.6 is 0 Å². The van der Waals surface area contributed by atoms with Crippen molar-refractivity contribution in [3.05, 3.63) is 45.8 Å². The molecule has 1 amide bonds. The standard InChI is InChI=1S/C15H19FN2O4/c1-3-15(2,8-9-19)17-14(20)7-5-11-4-6-12(16)10-13(11)18(21)22/h4-7,10,19H,3,8-9H2,1-2H3,(H,17,20)/b7-5+. The van der Waals surface area contributed by atoms with Gasteiger partial charge in [0.25, 0.3) is 5.69 Å². The largest absolute Gasteiger partial charge is 0.396 e. The molecule has 120 valence electrons. The minimum Gasteiger partial charge on any atom is -0.396 e. The fraction of sp³-hybridized carbons (Fsp3) is 0.400. The second-order valence-corrected chi connectivity index (χ2v) is 5.17. The maximum absolute atomic E-state index is 13.0. The summed E-state index contributed by atoms with van der Waals surface area (Å²) >= 11 is 0. The van der Waals surface area contributed by atoms with Gasteiger partial charge in [-0.3, -0.25) is 14.9 Å². The molecule has 7 heteroatoms. The van der Waals surface area contributed by atoms with E-state index in [0.717, 1.165) is 18.2 Å². The molecule has 1 rings (SSSR count). The summed E-state index contributed by atoms with van der Waals surface area (Å²) in [5.74, 6) is -1.15. The van der Waals surface area contributed by atoms with Gasteiger partial charge in [-0.1, -0.05) is 6.92 Å². The lowest BCUT2D eigenvalue weighted by molar-refractivity contribution is -0.385. The summed E-state index contributed by atoms with van der Waals surface area (Å²) in [4.78, 5) is 22.0. The van der Waals surface area contributed by atoms with Gasteiger partial charge in [-0.25, -0.2) is 4.39 Å². The minimum atomic E-state index is -0.713. The first-order valence-electron chi connectivity index (χ1n) is 6.86. The molecule has 6 nitrogen and oxygen atoms in total. The van der Waals surface area contributed by atoms with E-state index in [1.165, 1.54) is 12.1 Å². The van der Waals surface area contributed by atoms with Crippen molar-refractivity contribution in [1.29, 1.82) is 0 Å². The highest BCUT2D eigenvalue weighted by molar-refractivity contribution is 5.92. The predicted octanol–water partition coefficient (Wildman–Crippen LogP) is 2.41. The fourth-order valence-corrected chi connectivity index (χ4v) is 1.89. The van der Waals surface area contributed by atoms with Gasteiger partial charge in [-0.15, -0.1) is 0 Å². The maximum atomic E-state index is 13.0. The molecule has 0 heterocycles. The molecular formula is C15H19FN2O4. The van der Waals surface area contributed by atoms with Crippen molar-refractivity contribution in [2.45, 2.75) is 32.2 Å². The Bertz CT molecular complexity index is 589. The molecule has 22 heavy (non-hydrogen) atoms. The number of nitro groups is 1. The Morgan fingerprint density at radius 3 is 2.77 bits per heavy atom. The van der Waals surface area contributed by atoms with Gasteiger partial charge in [0.15, 0.2) is 0 Å². The normalized spacial score (nSPS) is 13.8. The second-order valence-electron chi connectivity index (χ2n) is 5.17. The Hall–Kier alpha value is -2.28. The number of carbonyl (C=O) groups is 1. The Kier molecular flexibility index (Phi) is 6.18. The van der Waals surface area contributed by atoms with Gasteiger partial charge in [0.1, 0.15) is 5.82 Å². The van der Waals surface area contributed by atoms with Crippen LogP contribution in [0.3, 0.4) is 0 Å². The van der Waals surface area contributed by atoms with Crippen molar-refractivity contribution >= 4 is 17.7 Å². The molecule has 1 atom stereocenters. The Labute approximate surface area is 127 Å². The highest BCUT2D eigenvalue weighted by Gasteiger charge is 2.22. The van der Waals surface area contributed by atoms with Crippen molar-refractivity contribution in [2.24, 2.45) is 0 Å². The van der Waals surface area contributed by atoms with E-state index >= 15 is 0 Å². The first-order chi connectivity index (χ1) is 10.3. The summed E-state index contributed by atoms with van der Waals surface area (Å²) in [7, 11) is 0. The summed E-state index contributed by atoms with van der Waals surface area (Å²) in [6.45, 7) is 3.62. The molecule has 1 aromatic rings. The summed E-state index contributed by atoms with van der Waals surface area (Å²) in [5.41, 5.74) is -0.815. The van der Waals surface area contributed by atoms with E-state index in [-0.39, 0.29) is 12.2 Å². The average molecular weight is 310 g/mol. The van der Waals surface area contributed by atoms with Gasteiger partial charge in [-0.05, 0) is 38.0 Å². The van der Waals surface area contributed by atoms with Crippen LogP contribution in [-0.2, 0) is 4.79 Å². The molecule has 0 saturated heterocycles. The number of nitro benzene ring substituents is 1. The number of amides is 1. The minimum absolute atomic E-state index is 0.0578. The fourth-order valence-electron chi connectivity index (χ4n) is 1.89. The van der Waals surface area contributed by atoms with Crippen LogP contribution in [0.1, 0.15) is 32.3 Å². The first-order valence-corrected chi connectivity index (χ1v) is 6.86. The lowest BCUT2D eigenvalue weighted by Crippen LogP contribution is -2.45. The molecule has 0 aliphatic rings. The molecule has 0 aliphatic heterocycles. The Morgan fingerprint density at radius 1 is 1.55 bits per heavy atom. The van der Waals surface area contributed by atoms with Crippen LogP contribution in [0, 0.1) is 15.9 Å². The lowest BCUT2D eigenvalue weighted by Gasteiger charge is -2.28. The Balaban J connectivity index is 2.88. The topological polar surface area (TPSA) is 92.5 Å². The molecule has 0 bridgehead atoms. The van der Waals surface area contributed by atoms with E-state index in [1.807, 2.05) is 6.92 Å². The van der Waals surface area contributed by atoms with Gasteiger partial charge in [-0.2, -0.15) is 0 Å². The van der Waals surface area contributed by atoms with E-state index < -0.39 is 27.9 Å². The molecule has 0 aromatic heterocycles. The van der Waals surface area contributed by atoms with Crippen molar-refractivity contribution in [3.8, 4) is 0 Å². The van der Waals surface area contributed by atoms with Crippen LogP contribution in [0.5, 0.6) is 0 Å². The van der Waals surface area contributed by atoms with Crippen LogP contribution in [0.15, 0.2) is 24.3 Å². The number of halogens is 1. The van der Waals surface area contributed by atoms with E-state index in [2.05, 4.69) is 5.32 Å². The molecule has 0 spiro atoms. The zero-order valence-electron chi connectivity index (χ0n) is 12.5. The van der Waals surface area contributed by atoms with E-state index in [1.54, 1.807) is 6.92 Å². The molecule has 1 unspecified atom stereocenters. The van der Waals surface area contributed by atoms with Crippen molar-refractivity contribution in [2.75, 3.05) is 6.61 Å². The molecule has 1 aromatic carbocycles. The van der Waals surface area contributed by atoms with E-state index in [4.69, 9.17) is 5.11 Å². The van der Waals surface area contributed by atoms with Crippen molar-refractivity contribution in [1.82, 2.24) is 5.32 Å². The number of benzene rings is 1. The van der Waals surface area contributed by atoms with Crippen molar-refractivity contribution in [3.63, 3.8) is 0 Å². The summed E-state index contributed by atoms with van der Waals surface area (Å²) in [6.07, 6.45) is 3.46. The summed E-state index contributed by atoms with van der Waals surface area (Å²) in [5, 5.41) is 22.6. The van der Waals surface area contributed by atoms with Crippen molar-refractivity contribution < 1.29 is 19.2 Å². The monoisotopic (exact) mass is 310 g/mol. The molecular weight excluding hydrogens is 291 g/mol. The number of carbonyl (C=O) groups excluding carboxylic acids is 1. The first kappa shape index (κ1) is 17.8. The molecule has 0 aliphatic carbocycles. The highest BCUT2D eigenvalue weighted by Crippen LogP contribution is 2.21. The zero-order valence-corrected chi connectivity index (χ0v) is 12.5.